The summed E-state index contributed by atoms with van der Waals surface area (Å²) in [6.07, 6.45) is 3.18. The molecule has 1 aliphatic carbocycles. The van der Waals surface area contributed by atoms with Crippen molar-refractivity contribution in [2.24, 2.45) is 0 Å². The quantitative estimate of drug-likeness (QED) is 0.926. The Bertz CT molecular complexity index is 596. The molecule has 0 spiro atoms. The van der Waals surface area contributed by atoms with E-state index in [9.17, 15) is 4.79 Å². The Morgan fingerprint density at radius 2 is 2.26 bits per heavy atom. The fraction of sp³-hybridized carbons (Fsp3) is 0.308. The molecule has 98 valence electrons. The van der Waals surface area contributed by atoms with Crippen LogP contribution in [0.1, 0.15) is 39.8 Å². The zero-order valence-corrected chi connectivity index (χ0v) is 11.7. The van der Waals surface area contributed by atoms with Gasteiger partial charge in [-0.25, -0.2) is 0 Å². The van der Waals surface area contributed by atoms with Gasteiger partial charge in [-0.15, -0.1) is 21.5 Å². The summed E-state index contributed by atoms with van der Waals surface area (Å²) < 4.78 is 0. The summed E-state index contributed by atoms with van der Waals surface area (Å²) in [4.78, 5) is 13.5. The predicted octanol–water partition coefficient (Wildman–Crippen LogP) is 3.00. The lowest BCUT2D eigenvalue weighted by Crippen LogP contribution is -2.31. The van der Waals surface area contributed by atoms with E-state index in [4.69, 9.17) is 11.6 Å². The van der Waals surface area contributed by atoms with Crippen LogP contribution in [0.15, 0.2) is 23.6 Å². The molecule has 0 radical (unpaired) electrons. The fourth-order valence-electron chi connectivity index (χ4n) is 2.31. The van der Waals surface area contributed by atoms with Gasteiger partial charge in [0.2, 0.25) is 0 Å². The molecule has 2 aromatic rings. The van der Waals surface area contributed by atoms with Crippen molar-refractivity contribution in [3.63, 3.8) is 0 Å². The number of rotatable bonds is 2. The first-order valence-corrected chi connectivity index (χ1v) is 7.36. The molecule has 2 heterocycles. The van der Waals surface area contributed by atoms with Crippen LogP contribution in [0.3, 0.4) is 0 Å². The second-order valence-electron chi connectivity index (χ2n) is 4.46. The van der Waals surface area contributed by atoms with Gasteiger partial charge >= 0.3 is 0 Å². The number of carbonyl (C=O) groups excluding carboxylic acids is 1. The van der Waals surface area contributed by atoms with E-state index in [1.807, 2.05) is 0 Å². The van der Waals surface area contributed by atoms with Gasteiger partial charge in [0, 0.05) is 4.88 Å². The zero-order chi connectivity index (χ0) is 13.2. The number of aryl methyl sites for hydroxylation is 1. The number of halogens is 1. The molecule has 1 N–H and O–H groups in total. The lowest BCUT2D eigenvalue weighted by Gasteiger charge is -2.23. The number of nitrogens with zero attached hydrogens (tertiary/aromatic N) is 2. The molecule has 4 nitrogen and oxygen atoms in total. The number of nitrogens with one attached hydrogen (secondary N) is 1. The first-order chi connectivity index (χ1) is 9.24. The molecule has 19 heavy (non-hydrogen) atoms. The number of fused-ring (bicyclic) bond motifs is 1. The molecule has 1 atom stereocenters. The number of hydrogen-bond donors (Lipinski definition) is 1. The highest BCUT2D eigenvalue weighted by Crippen LogP contribution is 2.33. The van der Waals surface area contributed by atoms with Crippen LogP contribution in [0.4, 0.5) is 0 Å². The molecule has 0 aromatic carbocycles. The molecule has 1 aliphatic rings. The first kappa shape index (κ1) is 12.6. The van der Waals surface area contributed by atoms with E-state index in [0.29, 0.717) is 5.69 Å². The lowest BCUT2D eigenvalue weighted by atomic mass is 9.94. The minimum atomic E-state index is -0.201. The molecule has 0 bridgehead atoms. The summed E-state index contributed by atoms with van der Waals surface area (Å²) in [5.74, 6) is -0.201. The normalized spacial score (nSPS) is 17.8. The number of amides is 1. The van der Waals surface area contributed by atoms with Crippen molar-refractivity contribution in [3.8, 4) is 0 Å². The van der Waals surface area contributed by atoms with E-state index in [0.717, 1.165) is 19.3 Å². The molecule has 0 saturated carbocycles. The van der Waals surface area contributed by atoms with Gasteiger partial charge in [0.1, 0.15) is 0 Å². The van der Waals surface area contributed by atoms with Crippen LogP contribution < -0.4 is 5.32 Å². The van der Waals surface area contributed by atoms with Gasteiger partial charge < -0.3 is 5.32 Å². The molecular weight excluding hydrogens is 282 g/mol. The summed E-state index contributed by atoms with van der Waals surface area (Å²) in [7, 11) is 0. The Hall–Kier alpha value is -1.46. The fourth-order valence-corrected chi connectivity index (χ4v) is 3.39. The average molecular weight is 294 g/mol. The van der Waals surface area contributed by atoms with Crippen molar-refractivity contribution in [2.45, 2.75) is 25.3 Å². The van der Waals surface area contributed by atoms with Crippen molar-refractivity contribution < 1.29 is 4.79 Å². The Balaban J connectivity index is 1.76. The van der Waals surface area contributed by atoms with Gasteiger partial charge in [-0.2, -0.15) is 0 Å². The number of hydrogen-bond acceptors (Lipinski definition) is 4. The number of carbonyl (C=O) groups is 1. The van der Waals surface area contributed by atoms with Crippen LogP contribution in [0.25, 0.3) is 0 Å². The van der Waals surface area contributed by atoms with Gasteiger partial charge in [-0.05, 0) is 48.4 Å². The Kier molecular flexibility index (Phi) is 3.48. The largest absolute Gasteiger partial charge is 0.344 e. The highest BCUT2D eigenvalue weighted by Gasteiger charge is 2.23. The van der Waals surface area contributed by atoms with E-state index in [1.165, 1.54) is 10.4 Å². The third-order valence-corrected chi connectivity index (χ3v) is 4.42. The summed E-state index contributed by atoms with van der Waals surface area (Å²) in [5, 5.41) is 12.9. The zero-order valence-electron chi connectivity index (χ0n) is 10.1. The topological polar surface area (TPSA) is 54.9 Å². The van der Waals surface area contributed by atoms with E-state index in [-0.39, 0.29) is 17.1 Å². The highest BCUT2D eigenvalue weighted by molar-refractivity contribution is 7.10. The number of thiophene rings is 1. The molecule has 1 unspecified atom stereocenters. The predicted molar refractivity (Wildman–Crippen MR) is 74.5 cm³/mol. The molecule has 0 fully saturated rings. The third-order valence-electron chi connectivity index (χ3n) is 3.22. The van der Waals surface area contributed by atoms with Gasteiger partial charge in [0.05, 0.1) is 6.04 Å². The number of aromatic nitrogens is 2. The lowest BCUT2D eigenvalue weighted by molar-refractivity contribution is 0.0927. The van der Waals surface area contributed by atoms with E-state index in [1.54, 1.807) is 23.5 Å². The van der Waals surface area contributed by atoms with Gasteiger partial charge in [-0.3, -0.25) is 4.79 Å². The molecule has 0 aliphatic heterocycles. The minimum Gasteiger partial charge on any atom is -0.344 e. The SMILES string of the molecule is O=C(NC1CCCc2sccc21)c1ccc(Cl)nn1. The van der Waals surface area contributed by atoms with Crippen LogP contribution >= 0.6 is 22.9 Å². The van der Waals surface area contributed by atoms with Gasteiger partial charge in [-0.1, -0.05) is 11.6 Å². The Morgan fingerprint density at radius 3 is 3.05 bits per heavy atom. The molecule has 0 saturated heterocycles. The second-order valence-corrected chi connectivity index (χ2v) is 5.85. The maximum Gasteiger partial charge on any atom is 0.272 e. The van der Waals surface area contributed by atoms with Crippen molar-refractivity contribution in [1.82, 2.24) is 15.5 Å². The van der Waals surface area contributed by atoms with Gasteiger partial charge in [0.25, 0.3) is 5.91 Å². The summed E-state index contributed by atoms with van der Waals surface area (Å²) in [6.45, 7) is 0. The van der Waals surface area contributed by atoms with Crippen molar-refractivity contribution in [2.75, 3.05) is 0 Å². The highest BCUT2D eigenvalue weighted by atomic mass is 35.5. The summed E-state index contributed by atoms with van der Waals surface area (Å²) >= 11 is 7.41. The van der Waals surface area contributed by atoms with Crippen LogP contribution in [0.5, 0.6) is 0 Å². The molecule has 1 amide bonds. The molecular formula is C13H12ClN3OS. The van der Waals surface area contributed by atoms with Crippen LogP contribution in [-0.2, 0) is 6.42 Å². The van der Waals surface area contributed by atoms with E-state index < -0.39 is 0 Å². The Labute approximate surface area is 119 Å². The second kappa shape index (κ2) is 5.27. The standard InChI is InChI=1S/C13H12ClN3OS/c14-12-5-4-10(16-17-12)13(18)15-9-2-1-3-11-8(9)6-7-19-11/h4-7,9H,1-3H2,(H,15,18). The van der Waals surface area contributed by atoms with Crippen LogP contribution in [0.2, 0.25) is 5.15 Å². The van der Waals surface area contributed by atoms with Crippen molar-refractivity contribution >= 4 is 28.8 Å². The molecule has 3 rings (SSSR count). The Morgan fingerprint density at radius 1 is 1.37 bits per heavy atom. The first-order valence-electron chi connectivity index (χ1n) is 6.10. The maximum absolute atomic E-state index is 12.1. The van der Waals surface area contributed by atoms with Crippen LogP contribution in [-0.4, -0.2) is 16.1 Å². The third kappa shape index (κ3) is 2.62. The smallest absolute Gasteiger partial charge is 0.272 e. The van der Waals surface area contributed by atoms with E-state index >= 15 is 0 Å². The monoisotopic (exact) mass is 293 g/mol. The van der Waals surface area contributed by atoms with Crippen molar-refractivity contribution in [3.05, 3.63) is 44.9 Å². The van der Waals surface area contributed by atoms with Crippen LogP contribution in [0, 0.1) is 0 Å². The van der Waals surface area contributed by atoms with Gasteiger partial charge in [0.15, 0.2) is 10.8 Å². The molecule has 6 heteroatoms. The van der Waals surface area contributed by atoms with E-state index in [2.05, 4.69) is 27.0 Å². The molecule has 2 aromatic heterocycles. The summed E-state index contributed by atoms with van der Waals surface area (Å²) in [6, 6.07) is 5.33. The van der Waals surface area contributed by atoms with Crippen molar-refractivity contribution in [1.29, 1.82) is 0 Å². The minimum absolute atomic E-state index is 0.0833. The summed E-state index contributed by atoms with van der Waals surface area (Å²) in [5.41, 5.74) is 1.54. The maximum atomic E-state index is 12.1. The average Bonchev–Trinajstić information content (AvgIpc) is 2.89.